The summed E-state index contributed by atoms with van der Waals surface area (Å²) in [6, 6.07) is 5.65. The quantitative estimate of drug-likeness (QED) is 0.656. The molecule has 0 radical (unpaired) electrons. The second-order valence-electron chi connectivity index (χ2n) is 4.93. The summed E-state index contributed by atoms with van der Waals surface area (Å²) in [4.78, 5) is 11.9. The van der Waals surface area contributed by atoms with Crippen molar-refractivity contribution < 1.29 is 4.79 Å². The number of halogens is 1. The average molecular weight is 358 g/mol. The van der Waals surface area contributed by atoms with Crippen molar-refractivity contribution in [2.24, 2.45) is 11.7 Å². The Labute approximate surface area is 133 Å². The number of carbonyl (C=O) groups is 1. The van der Waals surface area contributed by atoms with Gasteiger partial charge in [0, 0.05) is 35.2 Å². The maximum atomic E-state index is 11.6. The Morgan fingerprint density at radius 2 is 2.15 bits per heavy atom. The highest BCUT2D eigenvalue weighted by atomic mass is 79.9. The van der Waals surface area contributed by atoms with Crippen LogP contribution in [0, 0.1) is 5.92 Å². The highest BCUT2D eigenvalue weighted by Crippen LogP contribution is 2.21. The highest BCUT2D eigenvalue weighted by molar-refractivity contribution is 9.10. The van der Waals surface area contributed by atoms with Gasteiger partial charge in [0.2, 0.25) is 5.91 Å². The van der Waals surface area contributed by atoms with Crippen molar-refractivity contribution in [3.63, 3.8) is 0 Å². The van der Waals surface area contributed by atoms with Gasteiger partial charge in [-0.2, -0.15) is 0 Å². The Balaban J connectivity index is 2.41. The summed E-state index contributed by atoms with van der Waals surface area (Å²) in [6.45, 7) is 5.44. The predicted octanol–water partition coefficient (Wildman–Crippen LogP) is 2.66. The van der Waals surface area contributed by atoms with E-state index in [1.165, 1.54) is 0 Å². The highest BCUT2D eigenvalue weighted by Gasteiger charge is 2.05. The number of hydrogen-bond acceptors (Lipinski definition) is 3. The normalized spacial score (nSPS) is 10.4. The minimum absolute atomic E-state index is 0.0602. The Morgan fingerprint density at radius 3 is 2.70 bits per heavy atom. The molecule has 6 heteroatoms. The zero-order valence-corrected chi connectivity index (χ0v) is 14.1. The molecule has 0 aliphatic carbocycles. The number of hydrogen-bond donors (Lipinski definition) is 3. The first kappa shape index (κ1) is 16.9. The van der Waals surface area contributed by atoms with Gasteiger partial charge < -0.3 is 16.4 Å². The van der Waals surface area contributed by atoms with Crippen molar-refractivity contribution in [2.45, 2.75) is 20.3 Å². The minimum Gasteiger partial charge on any atom is -0.389 e. The van der Waals surface area contributed by atoms with Gasteiger partial charge in [0.1, 0.15) is 4.99 Å². The van der Waals surface area contributed by atoms with Crippen LogP contribution in [0.25, 0.3) is 0 Å². The maximum absolute atomic E-state index is 11.6. The molecule has 0 aliphatic rings. The molecule has 0 heterocycles. The number of carbonyl (C=O) groups excluding carboxylic acids is 1. The number of nitrogens with one attached hydrogen (secondary N) is 2. The van der Waals surface area contributed by atoms with E-state index in [0.717, 1.165) is 15.7 Å². The van der Waals surface area contributed by atoms with Crippen LogP contribution >= 0.6 is 28.1 Å². The molecule has 0 aromatic heterocycles. The van der Waals surface area contributed by atoms with Crippen LogP contribution < -0.4 is 16.4 Å². The summed E-state index contributed by atoms with van der Waals surface area (Å²) in [5, 5.41) is 6.08. The van der Waals surface area contributed by atoms with E-state index < -0.39 is 0 Å². The van der Waals surface area contributed by atoms with E-state index in [9.17, 15) is 4.79 Å². The molecular formula is C14H20BrN3OS. The molecular weight excluding hydrogens is 338 g/mol. The molecule has 0 saturated heterocycles. The van der Waals surface area contributed by atoms with E-state index in [4.69, 9.17) is 18.0 Å². The van der Waals surface area contributed by atoms with Gasteiger partial charge in [-0.05, 0) is 40.0 Å². The zero-order valence-electron chi connectivity index (χ0n) is 11.7. The molecule has 0 spiro atoms. The van der Waals surface area contributed by atoms with Crippen molar-refractivity contribution in [3.05, 3.63) is 28.2 Å². The van der Waals surface area contributed by atoms with Crippen LogP contribution in [0.1, 0.15) is 25.8 Å². The standard InChI is InChI=1S/C14H20BrN3OS/c1-9(2)8-18-13(19)5-6-17-10-3-4-11(14(16)20)12(15)7-10/h3-4,7,9,17H,5-6,8H2,1-2H3,(H2,16,20)(H,18,19). The topological polar surface area (TPSA) is 67.2 Å². The molecule has 0 fully saturated rings. The summed E-state index contributed by atoms with van der Waals surface area (Å²) in [6.07, 6.45) is 0.446. The third-order valence-corrected chi connectivity index (χ3v) is 3.50. The van der Waals surface area contributed by atoms with Crippen LogP contribution in [0.5, 0.6) is 0 Å². The average Bonchev–Trinajstić information content (AvgIpc) is 2.36. The van der Waals surface area contributed by atoms with Crippen molar-refractivity contribution in [1.82, 2.24) is 5.32 Å². The fourth-order valence-corrected chi connectivity index (χ4v) is 2.45. The largest absolute Gasteiger partial charge is 0.389 e. The van der Waals surface area contributed by atoms with Gasteiger partial charge >= 0.3 is 0 Å². The number of anilines is 1. The van der Waals surface area contributed by atoms with Crippen LogP contribution in [0.4, 0.5) is 5.69 Å². The van der Waals surface area contributed by atoms with Crippen LogP contribution in [0.3, 0.4) is 0 Å². The molecule has 0 unspecified atom stereocenters. The molecule has 0 aliphatic heterocycles. The molecule has 110 valence electrons. The van der Waals surface area contributed by atoms with Crippen LogP contribution in [0.2, 0.25) is 0 Å². The molecule has 1 aromatic rings. The molecule has 1 rings (SSSR count). The molecule has 1 amide bonds. The van der Waals surface area contributed by atoms with Crippen molar-refractivity contribution in [2.75, 3.05) is 18.4 Å². The van der Waals surface area contributed by atoms with Crippen LogP contribution in [-0.2, 0) is 4.79 Å². The Hall–Kier alpha value is -1.14. The SMILES string of the molecule is CC(C)CNC(=O)CCNc1ccc(C(N)=S)c(Br)c1. The van der Waals surface area contributed by atoms with E-state index >= 15 is 0 Å². The number of rotatable bonds is 7. The maximum Gasteiger partial charge on any atom is 0.221 e. The van der Waals surface area contributed by atoms with Gasteiger partial charge in [0.15, 0.2) is 0 Å². The van der Waals surface area contributed by atoms with Crippen LogP contribution in [0.15, 0.2) is 22.7 Å². The van der Waals surface area contributed by atoms with Gasteiger partial charge in [0.25, 0.3) is 0 Å². The van der Waals surface area contributed by atoms with E-state index in [2.05, 4.69) is 40.4 Å². The summed E-state index contributed by atoms with van der Waals surface area (Å²) in [5.41, 5.74) is 7.32. The lowest BCUT2D eigenvalue weighted by Gasteiger charge is -2.10. The molecule has 4 N–H and O–H groups in total. The van der Waals surface area contributed by atoms with Crippen molar-refractivity contribution in [1.29, 1.82) is 0 Å². The lowest BCUT2D eigenvalue weighted by atomic mass is 10.2. The lowest BCUT2D eigenvalue weighted by molar-refractivity contribution is -0.120. The van der Waals surface area contributed by atoms with Gasteiger partial charge in [-0.25, -0.2) is 0 Å². The number of amides is 1. The Kier molecular flexibility index (Phi) is 6.95. The number of thiocarbonyl (C=S) groups is 1. The summed E-state index contributed by atoms with van der Waals surface area (Å²) in [7, 11) is 0. The van der Waals surface area contributed by atoms with Gasteiger partial charge in [-0.3, -0.25) is 4.79 Å². The molecule has 0 bridgehead atoms. The van der Waals surface area contributed by atoms with Gasteiger partial charge in [-0.15, -0.1) is 0 Å². The van der Waals surface area contributed by atoms with E-state index in [-0.39, 0.29) is 5.91 Å². The fourth-order valence-electron chi connectivity index (χ4n) is 1.55. The minimum atomic E-state index is 0.0602. The summed E-state index contributed by atoms with van der Waals surface area (Å²) >= 11 is 8.36. The smallest absolute Gasteiger partial charge is 0.221 e. The van der Waals surface area contributed by atoms with E-state index in [1.807, 2.05) is 18.2 Å². The molecule has 0 saturated carbocycles. The lowest BCUT2D eigenvalue weighted by Crippen LogP contribution is -2.28. The van der Waals surface area contributed by atoms with Gasteiger partial charge in [-0.1, -0.05) is 26.1 Å². The first-order valence-electron chi connectivity index (χ1n) is 6.50. The second-order valence-corrected chi connectivity index (χ2v) is 6.23. The zero-order chi connectivity index (χ0) is 15.1. The fraction of sp³-hybridized carbons (Fsp3) is 0.429. The summed E-state index contributed by atoms with van der Waals surface area (Å²) in [5.74, 6) is 0.528. The van der Waals surface area contributed by atoms with E-state index in [0.29, 0.717) is 30.4 Å². The first-order chi connectivity index (χ1) is 9.40. The predicted molar refractivity (Wildman–Crippen MR) is 91.0 cm³/mol. The number of nitrogens with two attached hydrogens (primary N) is 1. The Morgan fingerprint density at radius 1 is 1.45 bits per heavy atom. The third-order valence-electron chi connectivity index (χ3n) is 2.62. The number of benzene rings is 1. The van der Waals surface area contributed by atoms with Gasteiger partial charge in [0.05, 0.1) is 0 Å². The monoisotopic (exact) mass is 357 g/mol. The molecule has 20 heavy (non-hydrogen) atoms. The first-order valence-corrected chi connectivity index (χ1v) is 7.70. The van der Waals surface area contributed by atoms with Crippen LogP contribution in [-0.4, -0.2) is 24.0 Å². The van der Waals surface area contributed by atoms with Crippen molar-refractivity contribution in [3.8, 4) is 0 Å². The second kappa shape index (κ2) is 8.21. The Bertz CT molecular complexity index is 491. The van der Waals surface area contributed by atoms with E-state index in [1.54, 1.807) is 0 Å². The molecule has 4 nitrogen and oxygen atoms in total. The molecule has 0 atom stereocenters. The summed E-state index contributed by atoms with van der Waals surface area (Å²) < 4.78 is 0.847. The third kappa shape index (κ3) is 5.88. The van der Waals surface area contributed by atoms with Crippen molar-refractivity contribution >= 4 is 44.7 Å². The molecule has 1 aromatic carbocycles.